The molecule has 0 aliphatic rings. The summed E-state index contributed by atoms with van der Waals surface area (Å²) < 4.78 is 16.8. The molecule has 0 fully saturated rings. The fourth-order valence-electron chi connectivity index (χ4n) is 2.64. The smallest absolute Gasteiger partial charge is 0.179 e. The van der Waals surface area contributed by atoms with Crippen molar-refractivity contribution >= 4 is 0 Å². The molecule has 0 spiro atoms. The monoisotopic (exact) mass is 313 g/mol. The van der Waals surface area contributed by atoms with Crippen molar-refractivity contribution in [2.75, 3.05) is 0 Å². The van der Waals surface area contributed by atoms with Gasteiger partial charge in [0.2, 0.25) is 0 Å². The van der Waals surface area contributed by atoms with E-state index < -0.39 is 0 Å². The van der Waals surface area contributed by atoms with E-state index in [1.54, 1.807) is 12.1 Å². The van der Waals surface area contributed by atoms with E-state index in [2.05, 4.69) is 29.0 Å². The Morgan fingerprint density at radius 1 is 1.09 bits per heavy atom. The second-order valence-electron chi connectivity index (χ2n) is 5.98. The van der Waals surface area contributed by atoms with Crippen molar-refractivity contribution in [3.8, 4) is 11.5 Å². The summed E-state index contributed by atoms with van der Waals surface area (Å²) in [7, 11) is 0. The van der Waals surface area contributed by atoms with E-state index in [0.717, 1.165) is 22.8 Å². The van der Waals surface area contributed by atoms with Crippen molar-refractivity contribution in [1.82, 2.24) is 24.5 Å². The lowest BCUT2D eigenvalue weighted by Gasteiger charge is -2.07. The maximum absolute atomic E-state index is 13.0. The zero-order chi connectivity index (χ0) is 16.6. The number of benzene rings is 1. The van der Waals surface area contributed by atoms with Gasteiger partial charge in [0.05, 0.1) is 6.54 Å². The van der Waals surface area contributed by atoms with Gasteiger partial charge < -0.3 is 0 Å². The fourth-order valence-corrected chi connectivity index (χ4v) is 2.64. The number of hydrogen-bond donors (Lipinski definition) is 0. The molecule has 2 aromatic heterocycles. The molecule has 2 heterocycles. The van der Waals surface area contributed by atoms with E-state index in [1.165, 1.54) is 12.1 Å². The molecule has 0 bridgehead atoms. The highest BCUT2D eigenvalue weighted by molar-refractivity contribution is 5.50. The van der Waals surface area contributed by atoms with Gasteiger partial charge in [-0.05, 0) is 51.5 Å². The molecule has 0 atom stereocenters. The Labute approximate surface area is 134 Å². The second kappa shape index (κ2) is 5.95. The van der Waals surface area contributed by atoms with E-state index in [9.17, 15) is 4.39 Å². The molecular weight excluding hydrogens is 293 g/mol. The second-order valence-corrected chi connectivity index (χ2v) is 5.98. The molecule has 0 radical (unpaired) electrons. The molecule has 0 saturated heterocycles. The van der Waals surface area contributed by atoms with Crippen LogP contribution in [0.4, 0.5) is 4.39 Å². The average Bonchev–Trinajstić information content (AvgIpc) is 3.04. The first-order valence-corrected chi connectivity index (χ1v) is 7.66. The van der Waals surface area contributed by atoms with Crippen molar-refractivity contribution in [3.05, 3.63) is 53.2 Å². The first-order valence-electron chi connectivity index (χ1n) is 7.66. The molecule has 3 rings (SSSR count). The molecule has 0 aliphatic heterocycles. The highest BCUT2D eigenvalue weighted by Crippen LogP contribution is 2.20. The van der Waals surface area contributed by atoms with Crippen molar-refractivity contribution in [2.24, 2.45) is 0 Å². The van der Waals surface area contributed by atoms with Crippen LogP contribution in [0.25, 0.3) is 11.5 Å². The highest BCUT2D eigenvalue weighted by Gasteiger charge is 2.16. The minimum absolute atomic E-state index is 0.241. The topological polar surface area (TPSA) is 48.5 Å². The van der Waals surface area contributed by atoms with Gasteiger partial charge in [-0.3, -0.25) is 4.68 Å². The lowest BCUT2D eigenvalue weighted by Crippen LogP contribution is -2.07. The summed E-state index contributed by atoms with van der Waals surface area (Å²) in [6.45, 7) is 8.61. The Morgan fingerprint density at radius 3 is 2.39 bits per heavy atom. The molecule has 3 aromatic rings. The third-order valence-corrected chi connectivity index (χ3v) is 3.66. The van der Waals surface area contributed by atoms with Gasteiger partial charge in [-0.2, -0.15) is 10.2 Å². The van der Waals surface area contributed by atoms with Crippen LogP contribution in [0.1, 0.15) is 37.0 Å². The summed E-state index contributed by atoms with van der Waals surface area (Å²) in [5.41, 5.74) is 2.86. The number of rotatable bonds is 4. The minimum atomic E-state index is -0.241. The third-order valence-electron chi connectivity index (χ3n) is 3.66. The van der Waals surface area contributed by atoms with Crippen LogP contribution < -0.4 is 0 Å². The van der Waals surface area contributed by atoms with E-state index in [1.807, 2.05) is 29.3 Å². The Balaban J connectivity index is 1.97. The molecule has 0 unspecified atom stereocenters. The van der Waals surface area contributed by atoms with Gasteiger partial charge in [-0.15, -0.1) is 0 Å². The molecule has 120 valence electrons. The van der Waals surface area contributed by atoms with Gasteiger partial charge in [0.25, 0.3) is 0 Å². The lowest BCUT2D eigenvalue weighted by molar-refractivity contribution is 0.519. The standard InChI is InChI=1S/C17H20FN5/c1-11(2)23-12(3)9-16(21-23)17-19-13(4)20-22(17)10-14-5-7-15(18)8-6-14/h5-9,11H,10H2,1-4H3. The normalized spacial score (nSPS) is 11.4. The van der Waals surface area contributed by atoms with E-state index in [-0.39, 0.29) is 5.82 Å². The van der Waals surface area contributed by atoms with Crippen molar-refractivity contribution in [2.45, 2.75) is 40.3 Å². The Kier molecular flexibility index (Phi) is 3.98. The molecule has 23 heavy (non-hydrogen) atoms. The molecule has 5 nitrogen and oxygen atoms in total. The van der Waals surface area contributed by atoms with Crippen LogP contribution in [0.2, 0.25) is 0 Å². The van der Waals surface area contributed by atoms with Gasteiger partial charge in [0.15, 0.2) is 5.82 Å². The van der Waals surface area contributed by atoms with Crippen LogP contribution in [0.15, 0.2) is 30.3 Å². The predicted molar refractivity (Wildman–Crippen MR) is 86.6 cm³/mol. The van der Waals surface area contributed by atoms with Gasteiger partial charge in [-0.25, -0.2) is 14.1 Å². The Bertz CT molecular complexity index is 814. The maximum atomic E-state index is 13.0. The fraction of sp³-hybridized carbons (Fsp3) is 0.353. The van der Waals surface area contributed by atoms with Crippen molar-refractivity contribution in [1.29, 1.82) is 0 Å². The van der Waals surface area contributed by atoms with Crippen LogP contribution in [-0.2, 0) is 6.54 Å². The maximum Gasteiger partial charge on any atom is 0.179 e. The van der Waals surface area contributed by atoms with Gasteiger partial charge >= 0.3 is 0 Å². The average molecular weight is 313 g/mol. The zero-order valence-corrected chi connectivity index (χ0v) is 13.8. The van der Waals surface area contributed by atoms with Gasteiger partial charge in [0, 0.05) is 11.7 Å². The number of halogens is 1. The van der Waals surface area contributed by atoms with Crippen LogP contribution in [-0.4, -0.2) is 24.5 Å². The van der Waals surface area contributed by atoms with Gasteiger partial charge in [-0.1, -0.05) is 12.1 Å². The van der Waals surface area contributed by atoms with Crippen LogP contribution in [0.5, 0.6) is 0 Å². The lowest BCUT2D eigenvalue weighted by atomic mass is 10.2. The molecular formula is C17H20FN5. The number of aryl methyl sites for hydroxylation is 2. The molecule has 1 aromatic carbocycles. The van der Waals surface area contributed by atoms with E-state index in [0.29, 0.717) is 18.4 Å². The first kappa shape index (κ1) is 15.4. The molecule has 0 aliphatic carbocycles. The number of nitrogens with zero attached hydrogens (tertiary/aromatic N) is 5. The molecule has 0 saturated carbocycles. The predicted octanol–water partition coefficient (Wildman–Crippen LogP) is 3.53. The Morgan fingerprint density at radius 2 is 1.78 bits per heavy atom. The van der Waals surface area contributed by atoms with Crippen LogP contribution in [0.3, 0.4) is 0 Å². The molecule has 0 amide bonds. The quantitative estimate of drug-likeness (QED) is 0.740. The molecule has 6 heteroatoms. The first-order chi connectivity index (χ1) is 10.9. The van der Waals surface area contributed by atoms with Gasteiger partial charge in [0.1, 0.15) is 17.3 Å². The van der Waals surface area contributed by atoms with E-state index in [4.69, 9.17) is 0 Å². The summed E-state index contributed by atoms with van der Waals surface area (Å²) in [6, 6.07) is 8.73. The van der Waals surface area contributed by atoms with E-state index >= 15 is 0 Å². The highest BCUT2D eigenvalue weighted by atomic mass is 19.1. The molecule has 0 N–H and O–H groups in total. The summed E-state index contributed by atoms with van der Waals surface area (Å²) in [5, 5.41) is 9.09. The SMILES string of the molecule is Cc1nc(-c2cc(C)n(C(C)C)n2)n(Cc2ccc(F)cc2)n1. The van der Waals surface area contributed by atoms with Crippen molar-refractivity contribution < 1.29 is 4.39 Å². The summed E-state index contributed by atoms with van der Waals surface area (Å²) in [5.74, 6) is 1.18. The number of aromatic nitrogens is 5. The third kappa shape index (κ3) is 3.16. The largest absolute Gasteiger partial charge is 0.267 e. The van der Waals surface area contributed by atoms with Crippen LogP contribution >= 0.6 is 0 Å². The zero-order valence-electron chi connectivity index (χ0n) is 13.8. The summed E-state index contributed by atoms with van der Waals surface area (Å²) >= 11 is 0. The summed E-state index contributed by atoms with van der Waals surface area (Å²) in [6.07, 6.45) is 0. The number of hydrogen-bond acceptors (Lipinski definition) is 3. The minimum Gasteiger partial charge on any atom is -0.267 e. The van der Waals surface area contributed by atoms with Crippen molar-refractivity contribution in [3.63, 3.8) is 0 Å². The summed E-state index contributed by atoms with van der Waals surface area (Å²) in [4.78, 5) is 4.51. The Hall–Kier alpha value is -2.50. The van der Waals surface area contributed by atoms with Crippen LogP contribution in [0, 0.1) is 19.7 Å².